The van der Waals surface area contributed by atoms with Gasteiger partial charge in [0, 0.05) is 6.42 Å². The van der Waals surface area contributed by atoms with Crippen LogP contribution >= 0.6 is 0 Å². The van der Waals surface area contributed by atoms with E-state index in [1.807, 2.05) is 6.92 Å². The maximum absolute atomic E-state index is 10.9. The van der Waals surface area contributed by atoms with Crippen LogP contribution in [0.15, 0.2) is 24.0 Å². The van der Waals surface area contributed by atoms with Gasteiger partial charge in [-0.1, -0.05) is 6.58 Å². The molecule has 1 saturated heterocycles. The van der Waals surface area contributed by atoms with Gasteiger partial charge in [-0.3, -0.25) is 4.79 Å². The molecular weight excluding hydrogens is 128 g/mol. The van der Waals surface area contributed by atoms with Crippen molar-refractivity contribution in [3.63, 3.8) is 0 Å². The summed E-state index contributed by atoms with van der Waals surface area (Å²) < 4.78 is 5.15. The third-order valence-corrected chi connectivity index (χ3v) is 1.48. The van der Waals surface area contributed by atoms with Crippen LogP contribution in [0.3, 0.4) is 0 Å². The predicted octanol–water partition coefficient (Wildman–Crippen LogP) is 1.44. The highest BCUT2D eigenvalue weighted by Gasteiger charge is 2.17. The first kappa shape index (κ1) is 7.06. The molecule has 0 atom stereocenters. The second-order valence-corrected chi connectivity index (χ2v) is 2.15. The molecule has 0 aromatic carbocycles. The lowest BCUT2D eigenvalue weighted by Crippen LogP contribution is -2.15. The maximum atomic E-state index is 10.9. The number of ketones is 1. The van der Waals surface area contributed by atoms with E-state index in [1.165, 1.54) is 0 Å². The Kier molecular flexibility index (Phi) is 1.90. The van der Waals surface area contributed by atoms with Gasteiger partial charge in [-0.2, -0.15) is 0 Å². The highest BCUT2D eigenvalue weighted by Crippen LogP contribution is 2.17. The van der Waals surface area contributed by atoms with Gasteiger partial charge in [-0.15, -0.1) is 0 Å². The van der Waals surface area contributed by atoms with Crippen molar-refractivity contribution in [1.82, 2.24) is 0 Å². The van der Waals surface area contributed by atoms with Crippen molar-refractivity contribution < 1.29 is 9.53 Å². The first-order valence-electron chi connectivity index (χ1n) is 3.27. The third kappa shape index (κ3) is 1.10. The molecule has 0 amide bonds. The molecule has 0 radical (unpaired) electrons. The highest BCUT2D eigenvalue weighted by molar-refractivity contribution is 5.99. The second-order valence-electron chi connectivity index (χ2n) is 2.15. The van der Waals surface area contributed by atoms with Crippen LogP contribution in [-0.4, -0.2) is 12.4 Å². The minimum Gasteiger partial charge on any atom is -0.493 e. The molecular formula is C8H10O2. The van der Waals surface area contributed by atoms with Crippen LogP contribution in [-0.2, 0) is 9.53 Å². The van der Waals surface area contributed by atoms with Crippen LogP contribution < -0.4 is 0 Å². The maximum Gasteiger partial charge on any atom is 0.169 e. The van der Waals surface area contributed by atoms with Crippen LogP contribution in [0, 0.1) is 0 Å². The van der Waals surface area contributed by atoms with Crippen molar-refractivity contribution in [3.05, 3.63) is 24.0 Å². The molecule has 0 bridgehead atoms. The van der Waals surface area contributed by atoms with E-state index >= 15 is 0 Å². The standard InChI is InChI=1S/C8H10O2/c1-3-8-6(2)7(9)4-5-10-8/h3H,2,4-5H2,1H3. The SMILES string of the molecule is C=C1C(=O)CCOC1=CC. The summed E-state index contributed by atoms with van der Waals surface area (Å²) in [6, 6.07) is 0. The monoisotopic (exact) mass is 138 g/mol. The van der Waals surface area contributed by atoms with Gasteiger partial charge in [0.05, 0.1) is 12.2 Å². The van der Waals surface area contributed by atoms with Gasteiger partial charge in [0.2, 0.25) is 0 Å². The van der Waals surface area contributed by atoms with E-state index in [9.17, 15) is 4.79 Å². The quantitative estimate of drug-likeness (QED) is 0.473. The van der Waals surface area contributed by atoms with Crippen molar-refractivity contribution in [2.45, 2.75) is 13.3 Å². The van der Waals surface area contributed by atoms with Gasteiger partial charge < -0.3 is 4.74 Å². The molecule has 1 aliphatic rings. The Labute approximate surface area is 60.2 Å². The number of carbonyl (C=O) groups is 1. The molecule has 1 heterocycles. The van der Waals surface area contributed by atoms with E-state index in [4.69, 9.17) is 4.74 Å². The minimum absolute atomic E-state index is 0.0966. The Bertz CT molecular complexity index is 201. The normalized spacial score (nSPS) is 23.1. The van der Waals surface area contributed by atoms with Crippen LogP contribution in [0.2, 0.25) is 0 Å². The second kappa shape index (κ2) is 2.69. The van der Waals surface area contributed by atoms with E-state index in [1.54, 1.807) is 6.08 Å². The summed E-state index contributed by atoms with van der Waals surface area (Å²) in [5.41, 5.74) is 0.508. The van der Waals surface area contributed by atoms with Gasteiger partial charge >= 0.3 is 0 Å². The Balaban J connectivity index is 2.79. The Morgan fingerprint density at radius 1 is 1.70 bits per heavy atom. The van der Waals surface area contributed by atoms with Crippen LogP contribution in [0.25, 0.3) is 0 Å². The topological polar surface area (TPSA) is 26.3 Å². The number of carbonyl (C=O) groups excluding carboxylic acids is 1. The van der Waals surface area contributed by atoms with Crippen molar-refractivity contribution in [2.24, 2.45) is 0 Å². The molecule has 1 aliphatic heterocycles. The van der Waals surface area contributed by atoms with Gasteiger partial charge in [0.15, 0.2) is 5.78 Å². The first-order chi connectivity index (χ1) is 4.75. The zero-order valence-electron chi connectivity index (χ0n) is 6.02. The smallest absolute Gasteiger partial charge is 0.169 e. The molecule has 54 valence electrons. The fourth-order valence-corrected chi connectivity index (χ4v) is 0.887. The number of Topliss-reactive ketones (excluding diaryl/α,β-unsaturated/α-hetero) is 1. The zero-order chi connectivity index (χ0) is 7.56. The molecule has 0 aromatic heterocycles. The molecule has 1 rings (SSSR count). The number of hydrogen-bond donors (Lipinski definition) is 0. The average Bonchev–Trinajstić information content (AvgIpc) is 1.95. The average molecular weight is 138 g/mol. The van der Waals surface area contributed by atoms with Crippen molar-refractivity contribution in [1.29, 1.82) is 0 Å². The van der Waals surface area contributed by atoms with Gasteiger partial charge in [0.1, 0.15) is 5.76 Å². The largest absolute Gasteiger partial charge is 0.493 e. The lowest BCUT2D eigenvalue weighted by atomic mass is 10.1. The number of rotatable bonds is 0. The van der Waals surface area contributed by atoms with E-state index in [0.29, 0.717) is 24.4 Å². The molecule has 0 saturated carbocycles. The summed E-state index contributed by atoms with van der Waals surface area (Å²) >= 11 is 0. The number of allylic oxidation sites excluding steroid dienone is 2. The predicted molar refractivity (Wildman–Crippen MR) is 38.5 cm³/mol. The van der Waals surface area contributed by atoms with Crippen molar-refractivity contribution in [3.8, 4) is 0 Å². The van der Waals surface area contributed by atoms with Gasteiger partial charge in [0.25, 0.3) is 0 Å². The van der Waals surface area contributed by atoms with Gasteiger partial charge in [-0.05, 0) is 13.0 Å². The van der Waals surface area contributed by atoms with Crippen LogP contribution in [0.1, 0.15) is 13.3 Å². The fourth-order valence-electron chi connectivity index (χ4n) is 0.887. The fraction of sp³-hybridized carbons (Fsp3) is 0.375. The Morgan fingerprint density at radius 3 is 2.90 bits per heavy atom. The van der Waals surface area contributed by atoms with E-state index in [-0.39, 0.29) is 5.78 Å². The zero-order valence-corrected chi connectivity index (χ0v) is 6.02. The van der Waals surface area contributed by atoms with E-state index < -0.39 is 0 Å². The Hall–Kier alpha value is -1.05. The molecule has 10 heavy (non-hydrogen) atoms. The summed E-state index contributed by atoms with van der Waals surface area (Å²) in [6.07, 6.45) is 2.23. The molecule has 0 spiro atoms. The molecule has 2 heteroatoms. The third-order valence-electron chi connectivity index (χ3n) is 1.48. The van der Waals surface area contributed by atoms with E-state index in [2.05, 4.69) is 6.58 Å². The summed E-state index contributed by atoms with van der Waals surface area (Å²) in [7, 11) is 0. The number of ether oxygens (including phenoxy) is 1. The van der Waals surface area contributed by atoms with Crippen molar-refractivity contribution in [2.75, 3.05) is 6.61 Å². The summed E-state index contributed by atoms with van der Waals surface area (Å²) in [6.45, 7) is 5.93. The molecule has 1 fully saturated rings. The van der Waals surface area contributed by atoms with E-state index in [0.717, 1.165) is 0 Å². The molecule has 0 aromatic rings. The van der Waals surface area contributed by atoms with Crippen LogP contribution in [0.5, 0.6) is 0 Å². The summed E-state index contributed by atoms with van der Waals surface area (Å²) in [5, 5.41) is 0. The Morgan fingerprint density at radius 2 is 2.40 bits per heavy atom. The summed E-state index contributed by atoms with van der Waals surface area (Å²) in [4.78, 5) is 10.9. The molecule has 0 aliphatic carbocycles. The number of hydrogen-bond acceptors (Lipinski definition) is 2. The lowest BCUT2D eigenvalue weighted by molar-refractivity contribution is -0.117. The van der Waals surface area contributed by atoms with Gasteiger partial charge in [-0.25, -0.2) is 0 Å². The molecule has 0 N–H and O–H groups in total. The lowest BCUT2D eigenvalue weighted by Gasteiger charge is -2.16. The molecule has 2 nitrogen and oxygen atoms in total. The summed E-state index contributed by atoms with van der Waals surface area (Å²) in [5.74, 6) is 0.732. The highest BCUT2D eigenvalue weighted by atomic mass is 16.5. The first-order valence-corrected chi connectivity index (χ1v) is 3.27. The molecule has 0 unspecified atom stereocenters. The van der Waals surface area contributed by atoms with Crippen LogP contribution in [0.4, 0.5) is 0 Å². The minimum atomic E-state index is 0.0966. The van der Waals surface area contributed by atoms with Crippen molar-refractivity contribution >= 4 is 5.78 Å².